The molecule has 24 heavy (non-hydrogen) atoms. The van der Waals surface area contributed by atoms with Crippen LogP contribution in [0.5, 0.6) is 0 Å². The molecule has 1 N–H and O–H groups in total. The Morgan fingerprint density at radius 1 is 1.29 bits per heavy atom. The van der Waals surface area contributed by atoms with Crippen LogP contribution in [0.15, 0.2) is 35.6 Å². The van der Waals surface area contributed by atoms with Crippen molar-refractivity contribution in [2.24, 2.45) is 0 Å². The number of Topliss-reactive ketones (excluding diaryl/α,β-unsaturated/α-hetero) is 1. The van der Waals surface area contributed by atoms with Crippen LogP contribution >= 0.6 is 0 Å². The molecule has 0 aromatic heterocycles. The summed E-state index contributed by atoms with van der Waals surface area (Å²) in [6.45, 7) is 6.53. The summed E-state index contributed by atoms with van der Waals surface area (Å²) in [6.07, 6.45) is 0.640. The molecule has 0 radical (unpaired) electrons. The number of ketones is 1. The van der Waals surface area contributed by atoms with E-state index in [1.54, 1.807) is 12.0 Å². The van der Waals surface area contributed by atoms with Gasteiger partial charge < -0.3 is 14.7 Å². The smallest absolute Gasteiger partial charge is 0.290 e. The number of methoxy groups -OCH3 is 1. The Labute approximate surface area is 142 Å². The molecule has 1 amide bonds. The third kappa shape index (κ3) is 3.51. The molecule has 1 aromatic carbocycles. The van der Waals surface area contributed by atoms with Crippen molar-refractivity contribution in [1.29, 1.82) is 0 Å². The van der Waals surface area contributed by atoms with Crippen LogP contribution in [0.2, 0.25) is 0 Å². The van der Waals surface area contributed by atoms with Crippen LogP contribution in [0.25, 0.3) is 0 Å². The number of hydrogen-bond donors (Lipinski definition) is 1. The normalized spacial score (nSPS) is 18.0. The van der Waals surface area contributed by atoms with Crippen molar-refractivity contribution in [2.45, 2.75) is 39.2 Å². The third-order valence-electron chi connectivity index (χ3n) is 4.35. The van der Waals surface area contributed by atoms with Gasteiger partial charge in [-0.1, -0.05) is 38.1 Å². The van der Waals surface area contributed by atoms with Crippen LogP contribution < -0.4 is 0 Å². The van der Waals surface area contributed by atoms with Crippen molar-refractivity contribution in [3.8, 4) is 0 Å². The minimum absolute atomic E-state index is 0.176. The number of benzene rings is 1. The fourth-order valence-corrected chi connectivity index (χ4v) is 3.03. The monoisotopic (exact) mass is 331 g/mol. The Bertz CT molecular complexity index is 646. The van der Waals surface area contributed by atoms with Crippen LogP contribution in [0.4, 0.5) is 0 Å². The summed E-state index contributed by atoms with van der Waals surface area (Å²) in [7, 11) is 1.60. The van der Waals surface area contributed by atoms with Crippen molar-refractivity contribution >= 4 is 11.7 Å². The molecule has 1 aliphatic rings. The Kier molecular flexibility index (Phi) is 5.78. The maximum atomic E-state index is 12.4. The first kappa shape index (κ1) is 18.2. The lowest BCUT2D eigenvalue weighted by Gasteiger charge is -2.26. The number of carbonyl (C=O) groups is 2. The van der Waals surface area contributed by atoms with Crippen molar-refractivity contribution in [3.05, 3.63) is 46.7 Å². The minimum Gasteiger partial charge on any atom is -0.503 e. The second-order valence-electron chi connectivity index (χ2n) is 6.39. The maximum absolute atomic E-state index is 12.4. The fourth-order valence-electron chi connectivity index (χ4n) is 3.03. The molecule has 0 saturated heterocycles. The van der Waals surface area contributed by atoms with Crippen molar-refractivity contribution in [3.63, 3.8) is 0 Å². The molecule has 1 aromatic rings. The van der Waals surface area contributed by atoms with Crippen LogP contribution in [-0.2, 0) is 14.3 Å². The van der Waals surface area contributed by atoms with E-state index in [1.807, 2.05) is 24.3 Å². The molecule has 5 heteroatoms. The Balaban J connectivity index is 2.38. The van der Waals surface area contributed by atoms with Crippen molar-refractivity contribution in [2.75, 3.05) is 20.3 Å². The summed E-state index contributed by atoms with van der Waals surface area (Å²) in [5.41, 5.74) is 2.20. The van der Waals surface area contributed by atoms with Crippen molar-refractivity contribution in [1.82, 2.24) is 4.90 Å². The first-order valence-electron chi connectivity index (χ1n) is 8.22. The van der Waals surface area contributed by atoms with Gasteiger partial charge in [-0.05, 0) is 30.4 Å². The fraction of sp³-hybridized carbons (Fsp3) is 0.474. The zero-order valence-electron chi connectivity index (χ0n) is 14.7. The molecule has 2 rings (SSSR count). The Morgan fingerprint density at radius 3 is 2.42 bits per heavy atom. The van der Waals surface area contributed by atoms with Gasteiger partial charge in [0.2, 0.25) is 0 Å². The van der Waals surface area contributed by atoms with Gasteiger partial charge in [-0.25, -0.2) is 0 Å². The van der Waals surface area contributed by atoms with Crippen LogP contribution in [-0.4, -0.2) is 42.0 Å². The lowest BCUT2D eigenvalue weighted by atomic mass is 9.94. The van der Waals surface area contributed by atoms with E-state index in [2.05, 4.69) is 13.8 Å². The summed E-state index contributed by atoms with van der Waals surface area (Å²) in [6, 6.07) is 7.33. The molecule has 0 fully saturated rings. The molecule has 0 saturated carbocycles. The number of amides is 1. The first-order chi connectivity index (χ1) is 11.4. The highest BCUT2D eigenvalue weighted by molar-refractivity contribution is 6.08. The van der Waals surface area contributed by atoms with Crippen LogP contribution in [0.3, 0.4) is 0 Å². The second kappa shape index (κ2) is 7.62. The molecule has 0 bridgehead atoms. The zero-order valence-corrected chi connectivity index (χ0v) is 14.7. The highest BCUT2D eigenvalue weighted by Gasteiger charge is 2.41. The van der Waals surface area contributed by atoms with Gasteiger partial charge in [0.15, 0.2) is 11.5 Å². The molecule has 1 unspecified atom stereocenters. The highest BCUT2D eigenvalue weighted by atomic mass is 16.5. The Hall–Kier alpha value is -2.14. The van der Waals surface area contributed by atoms with E-state index in [4.69, 9.17) is 4.74 Å². The molecule has 0 spiro atoms. The van der Waals surface area contributed by atoms with Crippen LogP contribution in [0.1, 0.15) is 50.3 Å². The van der Waals surface area contributed by atoms with Crippen LogP contribution in [0, 0.1) is 0 Å². The molecule has 130 valence electrons. The lowest BCUT2D eigenvalue weighted by Crippen LogP contribution is -2.32. The summed E-state index contributed by atoms with van der Waals surface area (Å²) < 4.78 is 5.04. The number of ether oxygens (including phenoxy) is 1. The predicted octanol–water partition coefficient (Wildman–Crippen LogP) is 3.13. The SMILES string of the molecule is COCCCN1C(=O)C(O)=C(C(C)=O)C1c1ccc(C(C)C)cc1. The van der Waals surface area contributed by atoms with Gasteiger partial charge in [0.05, 0.1) is 11.6 Å². The Morgan fingerprint density at radius 2 is 1.92 bits per heavy atom. The van der Waals surface area contributed by atoms with Gasteiger partial charge in [0, 0.05) is 20.3 Å². The lowest BCUT2D eigenvalue weighted by molar-refractivity contribution is -0.129. The molecule has 1 heterocycles. The molecule has 1 atom stereocenters. The number of carbonyl (C=O) groups excluding carboxylic acids is 2. The third-order valence-corrected chi connectivity index (χ3v) is 4.35. The maximum Gasteiger partial charge on any atom is 0.290 e. The summed E-state index contributed by atoms with van der Waals surface area (Å²) in [4.78, 5) is 26.0. The molecule has 0 aliphatic carbocycles. The second-order valence-corrected chi connectivity index (χ2v) is 6.39. The van der Waals surface area contributed by atoms with E-state index < -0.39 is 17.7 Å². The number of rotatable bonds is 7. The summed E-state index contributed by atoms with van der Waals surface area (Å²) in [5.74, 6) is -0.807. The quantitative estimate of drug-likeness (QED) is 0.780. The molecule has 1 aliphatic heterocycles. The van der Waals surface area contributed by atoms with Gasteiger partial charge in [-0.3, -0.25) is 9.59 Å². The first-order valence-corrected chi connectivity index (χ1v) is 8.22. The van der Waals surface area contributed by atoms with E-state index in [1.165, 1.54) is 12.5 Å². The van der Waals surface area contributed by atoms with Gasteiger partial charge >= 0.3 is 0 Å². The number of hydrogen-bond acceptors (Lipinski definition) is 4. The highest BCUT2D eigenvalue weighted by Crippen LogP contribution is 2.38. The van der Waals surface area contributed by atoms with Gasteiger partial charge in [0.1, 0.15) is 0 Å². The minimum atomic E-state index is -0.534. The van der Waals surface area contributed by atoms with Gasteiger partial charge in [-0.15, -0.1) is 0 Å². The standard InChI is InChI=1S/C19H25NO4/c1-12(2)14-6-8-15(9-7-14)17-16(13(3)21)18(22)19(23)20(17)10-5-11-24-4/h6-9,12,17,22H,5,10-11H2,1-4H3. The molecular weight excluding hydrogens is 306 g/mol. The molecule has 5 nitrogen and oxygen atoms in total. The van der Waals surface area contributed by atoms with E-state index in [9.17, 15) is 14.7 Å². The average molecular weight is 331 g/mol. The van der Waals surface area contributed by atoms with Gasteiger partial charge in [-0.2, -0.15) is 0 Å². The molecular formula is C19H25NO4. The van der Waals surface area contributed by atoms with E-state index in [-0.39, 0.29) is 11.4 Å². The largest absolute Gasteiger partial charge is 0.503 e. The number of aliphatic hydroxyl groups excluding tert-OH is 1. The van der Waals surface area contributed by atoms with E-state index in [0.717, 1.165) is 5.56 Å². The topological polar surface area (TPSA) is 66.8 Å². The van der Waals surface area contributed by atoms with Gasteiger partial charge in [0.25, 0.3) is 5.91 Å². The number of aliphatic hydroxyl groups is 1. The average Bonchev–Trinajstić information content (AvgIpc) is 2.80. The predicted molar refractivity (Wildman–Crippen MR) is 91.8 cm³/mol. The van der Waals surface area contributed by atoms with E-state index >= 15 is 0 Å². The van der Waals surface area contributed by atoms with E-state index in [0.29, 0.717) is 25.5 Å². The van der Waals surface area contributed by atoms with Crippen molar-refractivity contribution < 1.29 is 19.4 Å². The summed E-state index contributed by atoms with van der Waals surface area (Å²) in [5, 5.41) is 10.2. The summed E-state index contributed by atoms with van der Waals surface area (Å²) >= 11 is 0. The number of nitrogens with zero attached hydrogens (tertiary/aromatic N) is 1. The zero-order chi connectivity index (χ0) is 17.9.